The van der Waals surface area contributed by atoms with Gasteiger partial charge in [-0.1, -0.05) is 19.1 Å². The van der Waals surface area contributed by atoms with Gasteiger partial charge in [0, 0.05) is 26.7 Å². The van der Waals surface area contributed by atoms with Crippen molar-refractivity contribution >= 4 is 29.9 Å². The molecule has 1 heterocycles. The van der Waals surface area contributed by atoms with Gasteiger partial charge in [-0.2, -0.15) is 0 Å². The number of likely N-dealkylation sites (tertiary alicyclic amines) is 1. The number of halogens is 2. The summed E-state index contributed by atoms with van der Waals surface area (Å²) >= 11 is 0. The zero-order valence-corrected chi connectivity index (χ0v) is 17.1. The van der Waals surface area contributed by atoms with E-state index >= 15 is 0 Å². The van der Waals surface area contributed by atoms with Gasteiger partial charge in [-0.05, 0) is 43.4 Å². The van der Waals surface area contributed by atoms with E-state index in [0.29, 0.717) is 6.54 Å². The Morgan fingerprint density at radius 3 is 2.50 bits per heavy atom. The topological polar surface area (TPSA) is 36.9 Å². The Morgan fingerprint density at radius 1 is 1.33 bits per heavy atom. The van der Waals surface area contributed by atoms with E-state index in [-0.39, 0.29) is 35.9 Å². The van der Waals surface area contributed by atoms with Crippen molar-refractivity contribution in [3.63, 3.8) is 0 Å². The molecule has 1 aliphatic rings. The summed E-state index contributed by atoms with van der Waals surface area (Å²) in [6.45, 7) is 7.84. The van der Waals surface area contributed by atoms with E-state index in [0.717, 1.165) is 37.1 Å². The molecule has 0 spiro atoms. The molecule has 1 aromatic rings. The molecule has 1 fully saturated rings. The Morgan fingerprint density at radius 2 is 1.96 bits per heavy atom. The van der Waals surface area contributed by atoms with Crippen molar-refractivity contribution in [3.05, 3.63) is 35.6 Å². The Hall–Kier alpha value is -0.890. The van der Waals surface area contributed by atoms with Crippen LogP contribution in [0.5, 0.6) is 0 Å². The van der Waals surface area contributed by atoms with Crippen molar-refractivity contribution in [1.82, 2.24) is 10.2 Å². The van der Waals surface area contributed by atoms with E-state index in [9.17, 15) is 4.39 Å². The highest BCUT2D eigenvalue weighted by molar-refractivity contribution is 14.0. The molecule has 4 nitrogen and oxygen atoms in total. The lowest BCUT2D eigenvalue weighted by molar-refractivity contribution is 0.110. The van der Waals surface area contributed by atoms with Gasteiger partial charge in [0.25, 0.3) is 0 Å². The van der Waals surface area contributed by atoms with E-state index in [2.05, 4.69) is 24.1 Å². The van der Waals surface area contributed by atoms with Gasteiger partial charge in [-0.15, -0.1) is 24.0 Å². The summed E-state index contributed by atoms with van der Waals surface area (Å²) in [5.74, 6) is 1.51. The van der Waals surface area contributed by atoms with E-state index in [1.54, 1.807) is 19.2 Å². The largest absolute Gasteiger partial charge is 0.375 e. The number of nitrogens with zero attached hydrogens (tertiary/aromatic N) is 2. The first-order valence-corrected chi connectivity index (χ1v) is 8.45. The number of rotatable bonds is 5. The van der Waals surface area contributed by atoms with E-state index in [1.165, 1.54) is 25.0 Å². The number of hydrogen-bond donors (Lipinski definition) is 1. The molecule has 0 saturated carbocycles. The molecule has 1 aromatic carbocycles. The number of guanidine groups is 1. The molecule has 0 amide bonds. The van der Waals surface area contributed by atoms with Gasteiger partial charge in [0.1, 0.15) is 11.9 Å². The van der Waals surface area contributed by atoms with Crippen molar-refractivity contribution in [2.24, 2.45) is 10.9 Å². The summed E-state index contributed by atoms with van der Waals surface area (Å²) in [6.07, 6.45) is 2.25. The first-order chi connectivity index (χ1) is 11.1. The molecule has 1 unspecified atom stereocenters. The van der Waals surface area contributed by atoms with Gasteiger partial charge in [-0.3, -0.25) is 4.99 Å². The number of methoxy groups -OCH3 is 1. The zero-order valence-electron chi connectivity index (χ0n) is 14.8. The average molecular weight is 449 g/mol. The quantitative estimate of drug-likeness (QED) is 0.422. The molecule has 1 N–H and O–H groups in total. The Labute approximate surface area is 161 Å². The Kier molecular flexibility index (Phi) is 9.58. The van der Waals surface area contributed by atoms with E-state index in [1.807, 2.05) is 0 Å². The maximum Gasteiger partial charge on any atom is 0.194 e. The molecule has 2 rings (SSSR count). The van der Waals surface area contributed by atoms with Gasteiger partial charge in [0.15, 0.2) is 5.96 Å². The first kappa shape index (κ1) is 21.2. The van der Waals surface area contributed by atoms with Crippen molar-refractivity contribution in [2.45, 2.75) is 32.8 Å². The lowest BCUT2D eigenvalue weighted by Crippen LogP contribution is -2.45. The fourth-order valence-electron chi connectivity index (χ4n) is 2.81. The number of aliphatic imine (C=N–C) groups is 1. The summed E-state index contributed by atoms with van der Waals surface area (Å²) in [7, 11) is 1.67. The zero-order chi connectivity index (χ0) is 16.7. The summed E-state index contributed by atoms with van der Waals surface area (Å²) in [5, 5.41) is 3.37. The normalized spacial score (nSPS) is 17.3. The van der Waals surface area contributed by atoms with Crippen LogP contribution < -0.4 is 5.32 Å². The minimum atomic E-state index is -0.233. The van der Waals surface area contributed by atoms with Crippen LogP contribution in [0.1, 0.15) is 38.4 Å². The lowest BCUT2D eigenvalue weighted by Gasteiger charge is -2.33. The van der Waals surface area contributed by atoms with Gasteiger partial charge >= 0.3 is 0 Å². The standard InChI is InChI=1S/C18H28FN3O.HI/c1-4-20-18(22-11-9-14(2)10-12-22)21-13-17(23-3)15-5-7-16(19)8-6-15;/h5-8,14,17H,4,9-13H2,1-3H3,(H,20,21);1H. The molecule has 0 bridgehead atoms. The van der Waals surface area contributed by atoms with Gasteiger partial charge in [0.2, 0.25) is 0 Å². The molecular weight excluding hydrogens is 420 g/mol. The third-order valence-corrected chi connectivity index (χ3v) is 4.35. The Balaban J connectivity index is 0.00000288. The average Bonchev–Trinajstić information content (AvgIpc) is 2.56. The smallest absolute Gasteiger partial charge is 0.194 e. The number of hydrogen-bond acceptors (Lipinski definition) is 2. The maximum absolute atomic E-state index is 13.1. The van der Waals surface area contributed by atoms with Crippen LogP contribution in [0.15, 0.2) is 29.3 Å². The molecule has 136 valence electrons. The van der Waals surface area contributed by atoms with Gasteiger partial charge in [-0.25, -0.2) is 4.39 Å². The van der Waals surface area contributed by atoms with Gasteiger partial charge < -0.3 is 15.0 Å². The molecule has 0 aliphatic carbocycles. The van der Waals surface area contributed by atoms with Crippen LogP contribution in [0.4, 0.5) is 4.39 Å². The minimum Gasteiger partial charge on any atom is -0.375 e. The minimum absolute atomic E-state index is 0. The highest BCUT2D eigenvalue weighted by Crippen LogP contribution is 2.19. The highest BCUT2D eigenvalue weighted by Gasteiger charge is 2.19. The van der Waals surface area contributed by atoms with Crippen molar-refractivity contribution in [2.75, 3.05) is 33.3 Å². The van der Waals surface area contributed by atoms with Crippen LogP contribution in [0.3, 0.4) is 0 Å². The first-order valence-electron chi connectivity index (χ1n) is 8.45. The third kappa shape index (κ3) is 6.20. The molecule has 0 aromatic heterocycles. The van der Waals surface area contributed by atoms with Crippen LogP contribution in [0.25, 0.3) is 0 Å². The van der Waals surface area contributed by atoms with Crippen LogP contribution in [-0.4, -0.2) is 44.1 Å². The van der Waals surface area contributed by atoms with Crippen molar-refractivity contribution < 1.29 is 9.13 Å². The summed E-state index contributed by atoms with van der Waals surface area (Å²) in [6, 6.07) is 6.44. The number of piperidine rings is 1. The fourth-order valence-corrected chi connectivity index (χ4v) is 2.81. The molecule has 0 radical (unpaired) electrons. The predicted octanol–water partition coefficient (Wildman–Crippen LogP) is 3.83. The SMILES string of the molecule is CCNC(=NCC(OC)c1ccc(F)cc1)N1CCC(C)CC1.I. The van der Waals surface area contributed by atoms with Crippen molar-refractivity contribution in [3.8, 4) is 0 Å². The molecule has 6 heteroatoms. The van der Waals surface area contributed by atoms with Gasteiger partial charge in [0.05, 0.1) is 6.54 Å². The lowest BCUT2D eigenvalue weighted by atomic mass is 9.99. The maximum atomic E-state index is 13.1. The summed E-state index contributed by atoms with van der Waals surface area (Å²) < 4.78 is 18.6. The molecule has 1 aliphatic heterocycles. The van der Waals surface area contributed by atoms with Crippen LogP contribution in [0, 0.1) is 11.7 Å². The van der Waals surface area contributed by atoms with Crippen molar-refractivity contribution in [1.29, 1.82) is 0 Å². The van der Waals surface area contributed by atoms with E-state index < -0.39 is 0 Å². The number of benzene rings is 1. The molecule has 1 saturated heterocycles. The second kappa shape index (κ2) is 10.9. The summed E-state index contributed by atoms with van der Waals surface area (Å²) in [5.41, 5.74) is 0.945. The second-order valence-electron chi connectivity index (χ2n) is 6.14. The predicted molar refractivity (Wildman–Crippen MR) is 108 cm³/mol. The number of ether oxygens (including phenoxy) is 1. The molecule has 1 atom stereocenters. The fraction of sp³-hybridized carbons (Fsp3) is 0.611. The molecular formula is C18H29FIN3O. The Bertz CT molecular complexity index is 501. The third-order valence-electron chi connectivity index (χ3n) is 4.35. The molecule has 24 heavy (non-hydrogen) atoms. The van der Waals surface area contributed by atoms with Crippen LogP contribution >= 0.6 is 24.0 Å². The summed E-state index contributed by atoms with van der Waals surface area (Å²) in [4.78, 5) is 7.07. The van der Waals surface area contributed by atoms with E-state index in [4.69, 9.17) is 9.73 Å². The second-order valence-corrected chi connectivity index (χ2v) is 6.14. The van der Waals surface area contributed by atoms with Crippen LogP contribution in [-0.2, 0) is 4.74 Å². The number of nitrogens with one attached hydrogen (secondary N) is 1. The monoisotopic (exact) mass is 449 g/mol. The highest BCUT2D eigenvalue weighted by atomic mass is 127. The van der Waals surface area contributed by atoms with Crippen LogP contribution in [0.2, 0.25) is 0 Å².